The Morgan fingerprint density at radius 2 is 1.94 bits per heavy atom. The summed E-state index contributed by atoms with van der Waals surface area (Å²) in [4.78, 5) is 31.7. The molecule has 0 saturated carbocycles. The lowest BCUT2D eigenvalue weighted by Gasteiger charge is -2.34. The van der Waals surface area contributed by atoms with Crippen molar-refractivity contribution in [2.45, 2.75) is 6.42 Å². The zero-order valence-corrected chi connectivity index (χ0v) is 17.4. The van der Waals surface area contributed by atoms with Crippen molar-refractivity contribution in [2.75, 3.05) is 32.7 Å². The predicted octanol–water partition coefficient (Wildman–Crippen LogP) is 3.36. The Kier molecular flexibility index (Phi) is 6.16. The molecular formula is C21H19N5O4S. The third-order valence-corrected chi connectivity index (χ3v) is 6.10. The molecule has 4 rings (SSSR count). The summed E-state index contributed by atoms with van der Waals surface area (Å²) in [5, 5.41) is 20.2. The van der Waals surface area contributed by atoms with E-state index in [0.717, 1.165) is 32.7 Å². The Labute approximate surface area is 182 Å². The maximum absolute atomic E-state index is 12.4. The number of amidine groups is 1. The molecule has 2 aromatic rings. The monoisotopic (exact) mass is 437 g/mol. The Bertz CT molecular complexity index is 1090. The number of hydrogen-bond acceptors (Lipinski definition) is 8. The first-order valence-electron chi connectivity index (χ1n) is 9.75. The van der Waals surface area contributed by atoms with Gasteiger partial charge in [-0.15, -0.1) is 0 Å². The maximum Gasteiger partial charge on any atom is 0.286 e. The van der Waals surface area contributed by atoms with E-state index in [2.05, 4.69) is 20.9 Å². The van der Waals surface area contributed by atoms with Crippen LogP contribution in [0.1, 0.15) is 12.2 Å². The SMILES string of the molecule is N#CCCN1CCN(C2=NC(=O)/C(=C\c3ccc(-c4ccc([N+](=O)[O-])cc4)o3)S2)CC1. The van der Waals surface area contributed by atoms with Crippen LogP contribution in [0, 0.1) is 21.4 Å². The van der Waals surface area contributed by atoms with Crippen LogP contribution in [0.25, 0.3) is 17.4 Å². The number of carbonyl (C=O) groups is 1. The van der Waals surface area contributed by atoms with E-state index in [4.69, 9.17) is 9.68 Å². The third-order valence-electron chi connectivity index (χ3n) is 5.05. The standard InChI is InChI=1S/C21H19N5O4S/c22-8-1-9-24-10-12-25(13-11-24)21-23-20(27)19(31-21)14-17-6-7-18(30-17)15-2-4-16(5-3-15)26(28)29/h2-7,14H,1,9-13H2/b19-14+. The van der Waals surface area contributed by atoms with E-state index in [0.29, 0.717) is 33.6 Å². The molecule has 0 atom stereocenters. The van der Waals surface area contributed by atoms with Gasteiger partial charge in [0, 0.05) is 62.9 Å². The quantitative estimate of drug-likeness (QED) is 0.397. The summed E-state index contributed by atoms with van der Waals surface area (Å²) in [5.41, 5.74) is 0.730. The number of furan rings is 1. The lowest BCUT2D eigenvalue weighted by atomic mass is 10.1. The molecule has 10 heteroatoms. The fourth-order valence-electron chi connectivity index (χ4n) is 3.37. The summed E-state index contributed by atoms with van der Waals surface area (Å²) in [5.74, 6) is 0.786. The Hall–Kier alpha value is -3.42. The summed E-state index contributed by atoms with van der Waals surface area (Å²) in [7, 11) is 0. The molecule has 158 valence electrons. The van der Waals surface area contributed by atoms with Crippen LogP contribution in [0.4, 0.5) is 5.69 Å². The Balaban J connectivity index is 1.39. The first-order chi connectivity index (χ1) is 15.0. The maximum atomic E-state index is 12.4. The average molecular weight is 437 g/mol. The molecule has 2 aliphatic rings. The van der Waals surface area contributed by atoms with Gasteiger partial charge in [0.05, 0.1) is 15.9 Å². The topological polar surface area (TPSA) is 116 Å². The fraction of sp³-hybridized carbons (Fsp3) is 0.286. The van der Waals surface area contributed by atoms with Gasteiger partial charge in [0.1, 0.15) is 11.5 Å². The minimum absolute atomic E-state index is 0.0150. The van der Waals surface area contributed by atoms with Gasteiger partial charge in [0.15, 0.2) is 5.17 Å². The highest BCUT2D eigenvalue weighted by atomic mass is 32.2. The van der Waals surface area contributed by atoms with Gasteiger partial charge in [0.2, 0.25) is 0 Å². The Morgan fingerprint density at radius 3 is 2.61 bits per heavy atom. The number of aliphatic imine (C=N–C) groups is 1. The van der Waals surface area contributed by atoms with Gasteiger partial charge < -0.3 is 9.32 Å². The molecule has 0 bridgehead atoms. The van der Waals surface area contributed by atoms with Crippen molar-refractivity contribution >= 4 is 34.6 Å². The first-order valence-corrected chi connectivity index (χ1v) is 10.6. The van der Waals surface area contributed by atoms with Crippen molar-refractivity contribution in [3.8, 4) is 17.4 Å². The number of non-ortho nitro benzene ring substituents is 1. The molecule has 0 aliphatic carbocycles. The molecule has 0 N–H and O–H groups in total. The molecule has 1 fully saturated rings. The van der Waals surface area contributed by atoms with Crippen molar-refractivity contribution in [3.63, 3.8) is 0 Å². The molecule has 1 aromatic heterocycles. The van der Waals surface area contributed by atoms with Crippen molar-refractivity contribution in [1.82, 2.24) is 9.80 Å². The second kappa shape index (κ2) is 9.16. The van der Waals surface area contributed by atoms with E-state index in [1.54, 1.807) is 30.3 Å². The largest absolute Gasteiger partial charge is 0.457 e. The van der Waals surface area contributed by atoms with E-state index in [1.165, 1.54) is 23.9 Å². The number of rotatable bonds is 5. The smallest absolute Gasteiger partial charge is 0.286 e. The van der Waals surface area contributed by atoms with Crippen LogP contribution in [0.5, 0.6) is 0 Å². The summed E-state index contributed by atoms with van der Waals surface area (Å²) < 4.78 is 5.80. The van der Waals surface area contributed by atoms with E-state index in [9.17, 15) is 14.9 Å². The zero-order valence-electron chi connectivity index (χ0n) is 16.6. The number of amides is 1. The van der Waals surface area contributed by atoms with Crippen molar-refractivity contribution < 1.29 is 14.1 Å². The summed E-state index contributed by atoms with van der Waals surface area (Å²) in [6.07, 6.45) is 2.19. The van der Waals surface area contributed by atoms with Crippen LogP contribution in [-0.2, 0) is 4.79 Å². The van der Waals surface area contributed by atoms with E-state index < -0.39 is 4.92 Å². The molecular weight excluding hydrogens is 418 g/mol. The lowest BCUT2D eigenvalue weighted by Crippen LogP contribution is -2.47. The van der Waals surface area contributed by atoms with Crippen LogP contribution >= 0.6 is 11.8 Å². The Morgan fingerprint density at radius 1 is 1.19 bits per heavy atom. The molecule has 2 aliphatic heterocycles. The van der Waals surface area contributed by atoms with Crippen LogP contribution in [0.3, 0.4) is 0 Å². The van der Waals surface area contributed by atoms with Crippen LogP contribution in [0.15, 0.2) is 50.7 Å². The van der Waals surface area contributed by atoms with Crippen LogP contribution < -0.4 is 0 Å². The van der Waals surface area contributed by atoms with E-state index in [1.807, 2.05) is 0 Å². The minimum atomic E-state index is -0.450. The van der Waals surface area contributed by atoms with Gasteiger partial charge >= 0.3 is 0 Å². The molecule has 0 unspecified atom stereocenters. The number of nitrogens with zero attached hydrogens (tertiary/aromatic N) is 5. The van der Waals surface area contributed by atoms with Gasteiger partial charge in [-0.05, 0) is 36.0 Å². The van der Waals surface area contributed by atoms with Gasteiger partial charge in [0.25, 0.3) is 11.6 Å². The molecule has 9 nitrogen and oxygen atoms in total. The number of benzene rings is 1. The van der Waals surface area contributed by atoms with Gasteiger partial charge in [-0.2, -0.15) is 10.3 Å². The van der Waals surface area contributed by atoms with Crippen LogP contribution in [0.2, 0.25) is 0 Å². The second-order valence-electron chi connectivity index (χ2n) is 7.05. The number of piperazine rings is 1. The number of hydrogen-bond donors (Lipinski definition) is 0. The average Bonchev–Trinajstić information content (AvgIpc) is 3.40. The fourth-order valence-corrected chi connectivity index (χ4v) is 4.31. The number of thioether (sulfide) groups is 1. The third kappa shape index (κ3) is 4.84. The van der Waals surface area contributed by atoms with E-state index in [-0.39, 0.29) is 11.6 Å². The molecule has 0 spiro atoms. The van der Waals surface area contributed by atoms with Crippen molar-refractivity contribution in [3.05, 3.63) is 57.2 Å². The molecule has 31 heavy (non-hydrogen) atoms. The summed E-state index contributed by atoms with van der Waals surface area (Å²) in [6.45, 7) is 3.98. The molecule has 1 saturated heterocycles. The molecule has 0 radical (unpaired) electrons. The zero-order chi connectivity index (χ0) is 21.8. The molecule has 1 aromatic carbocycles. The highest BCUT2D eigenvalue weighted by Crippen LogP contribution is 2.32. The highest BCUT2D eigenvalue weighted by molar-refractivity contribution is 8.18. The minimum Gasteiger partial charge on any atom is -0.457 e. The number of nitriles is 1. The first kappa shape index (κ1) is 20.8. The van der Waals surface area contributed by atoms with Crippen LogP contribution in [-0.4, -0.2) is 58.5 Å². The van der Waals surface area contributed by atoms with E-state index >= 15 is 0 Å². The number of nitro groups is 1. The lowest BCUT2D eigenvalue weighted by molar-refractivity contribution is -0.384. The number of nitro benzene ring substituents is 1. The molecule has 3 heterocycles. The van der Waals surface area contributed by atoms with Gasteiger partial charge in [-0.25, -0.2) is 0 Å². The highest BCUT2D eigenvalue weighted by Gasteiger charge is 2.28. The van der Waals surface area contributed by atoms with Gasteiger partial charge in [-0.1, -0.05) is 0 Å². The van der Waals surface area contributed by atoms with Crippen molar-refractivity contribution in [2.24, 2.45) is 4.99 Å². The second-order valence-corrected chi connectivity index (χ2v) is 8.06. The molecule has 1 amide bonds. The summed E-state index contributed by atoms with van der Waals surface area (Å²) in [6, 6.07) is 11.8. The number of carbonyl (C=O) groups excluding carboxylic acids is 1. The van der Waals surface area contributed by atoms with Crippen molar-refractivity contribution in [1.29, 1.82) is 5.26 Å². The van der Waals surface area contributed by atoms with Gasteiger partial charge in [-0.3, -0.25) is 19.8 Å². The predicted molar refractivity (Wildman–Crippen MR) is 117 cm³/mol. The summed E-state index contributed by atoms with van der Waals surface area (Å²) >= 11 is 1.33. The normalized spacial score (nSPS) is 18.3.